The van der Waals surface area contributed by atoms with Crippen molar-refractivity contribution in [3.8, 4) is 0 Å². The Kier molecular flexibility index (Phi) is 5.12. The second-order valence-electron chi connectivity index (χ2n) is 6.40. The van der Waals surface area contributed by atoms with Gasteiger partial charge < -0.3 is 9.32 Å². The molecule has 1 aliphatic heterocycles. The normalized spacial score (nSPS) is 15.7. The Hall–Kier alpha value is -2.78. The van der Waals surface area contributed by atoms with Crippen LogP contribution in [0.1, 0.15) is 17.3 Å². The summed E-state index contributed by atoms with van der Waals surface area (Å²) in [5.41, 5.74) is 0. The Bertz CT molecular complexity index is 967. The molecule has 0 amide bonds. The van der Waals surface area contributed by atoms with Crippen LogP contribution in [0.15, 0.2) is 35.0 Å². The van der Waals surface area contributed by atoms with E-state index in [1.54, 1.807) is 12.4 Å². The topological polar surface area (TPSA) is 79.0 Å². The molecule has 0 bridgehead atoms. The second kappa shape index (κ2) is 7.85. The first-order chi connectivity index (χ1) is 13.2. The van der Waals surface area contributed by atoms with Gasteiger partial charge in [0.15, 0.2) is 0 Å². The molecule has 3 aromatic heterocycles. The van der Waals surface area contributed by atoms with Gasteiger partial charge in [-0.05, 0) is 49.5 Å². The molecular formula is C18H21N7OS. The van der Waals surface area contributed by atoms with E-state index in [1.807, 2.05) is 42.0 Å². The van der Waals surface area contributed by atoms with Gasteiger partial charge in [0.2, 0.25) is 10.7 Å². The molecule has 0 aromatic carbocycles. The summed E-state index contributed by atoms with van der Waals surface area (Å²) >= 11 is 5.38. The van der Waals surface area contributed by atoms with Gasteiger partial charge in [0.05, 0.1) is 6.67 Å². The number of rotatable bonds is 5. The molecule has 27 heavy (non-hydrogen) atoms. The van der Waals surface area contributed by atoms with E-state index in [-0.39, 0.29) is 0 Å². The standard InChI is InChI=1S/C18H21N7OS/c1-14-3-4-15(26-14)5-6-16-21-18(27)25(22-16)13-23-9-11-24(12-10-23)17-19-7-2-8-20-17/h2-8H,9-13H2,1H3,(H,21,22,27)/b6-5+. The third kappa shape index (κ3) is 4.32. The van der Waals surface area contributed by atoms with Gasteiger partial charge in [-0.15, -0.1) is 0 Å². The van der Waals surface area contributed by atoms with Gasteiger partial charge >= 0.3 is 0 Å². The first-order valence-electron chi connectivity index (χ1n) is 8.83. The van der Waals surface area contributed by atoms with E-state index in [2.05, 4.69) is 29.9 Å². The van der Waals surface area contributed by atoms with Crippen LogP contribution in [0.25, 0.3) is 12.2 Å². The summed E-state index contributed by atoms with van der Waals surface area (Å²) in [6.45, 7) is 6.20. The Morgan fingerprint density at radius 1 is 1.15 bits per heavy atom. The fourth-order valence-electron chi connectivity index (χ4n) is 2.99. The molecule has 0 spiro atoms. The average Bonchev–Trinajstić information content (AvgIpc) is 3.27. The molecule has 8 nitrogen and oxygen atoms in total. The van der Waals surface area contributed by atoms with Gasteiger partial charge in [-0.1, -0.05) is 0 Å². The van der Waals surface area contributed by atoms with Crippen LogP contribution in [0.4, 0.5) is 5.95 Å². The predicted molar refractivity (Wildman–Crippen MR) is 106 cm³/mol. The summed E-state index contributed by atoms with van der Waals surface area (Å²) in [4.78, 5) is 17.6. The molecule has 0 saturated carbocycles. The van der Waals surface area contributed by atoms with Crippen LogP contribution in [0, 0.1) is 11.7 Å². The Morgan fingerprint density at radius 2 is 1.93 bits per heavy atom. The maximum Gasteiger partial charge on any atom is 0.225 e. The molecular weight excluding hydrogens is 362 g/mol. The molecule has 9 heteroatoms. The van der Waals surface area contributed by atoms with Crippen LogP contribution in [-0.4, -0.2) is 55.8 Å². The van der Waals surface area contributed by atoms with E-state index < -0.39 is 0 Å². The van der Waals surface area contributed by atoms with Crippen molar-refractivity contribution >= 4 is 30.3 Å². The van der Waals surface area contributed by atoms with Crippen molar-refractivity contribution in [2.75, 3.05) is 31.1 Å². The van der Waals surface area contributed by atoms with Crippen LogP contribution in [0.3, 0.4) is 0 Å². The van der Waals surface area contributed by atoms with Crippen molar-refractivity contribution in [2.24, 2.45) is 0 Å². The highest BCUT2D eigenvalue weighted by Crippen LogP contribution is 2.12. The van der Waals surface area contributed by atoms with Crippen LogP contribution < -0.4 is 4.90 Å². The van der Waals surface area contributed by atoms with Crippen molar-refractivity contribution < 1.29 is 4.42 Å². The molecule has 0 atom stereocenters. The second-order valence-corrected chi connectivity index (χ2v) is 6.76. The highest BCUT2D eigenvalue weighted by molar-refractivity contribution is 7.71. The van der Waals surface area contributed by atoms with Crippen LogP contribution >= 0.6 is 12.2 Å². The molecule has 0 aliphatic carbocycles. The molecule has 140 valence electrons. The predicted octanol–water partition coefficient (Wildman–Crippen LogP) is 2.58. The summed E-state index contributed by atoms with van der Waals surface area (Å²) in [6.07, 6.45) is 7.30. The number of hydrogen-bond acceptors (Lipinski definition) is 7. The molecule has 4 heterocycles. The van der Waals surface area contributed by atoms with Crippen LogP contribution in [0.2, 0.25) is 0 Å². The van der Waals surface area contributed by atoms with Gasteiger partial charge in [-0.3, -0.25) is 10.00 Å². The maximum absolute atomic E-state index is 5.53. The molecule has 0 radical (unpaired) electrons. The first-order valence-corrected chi connectivity index (χ1v) is 9.24. The van der Waals surface area contributed by atoms with Gasteiger partial charge in [0, 0.05) is 38.6 Å². The number of furan rings is 1. The number of H-pyrrole nitrogens is 1. The zero-order valence-corrected chi connectivity index (χ0v) is 15.9. The molecule has 0 unspecified atom stereocenters. The van der Waals surface area contributed by atoms with E-state index >= 15 is 0 Å². The average molecular weight is 383 g/mol. The molecule has 3 aromatic rings. The molecule has 4 rings (SSSR count). The highest BCUT2D eigenvalue weighted by Gasteiger charge is 2.19. The van der Waals surface area contributed by atoms with Crippen molar-refractivity contribution in [3.05, 3.63) is 52.7 Å². The van der Waals surface area contributed by atoms with Gasteiger partial charge in [0.1, 0.15) is 17.3 Å². The minimum absolute atomic E-state index is 0.541. The van der Waals surface area contributed by atoms with Gasteiger partial charge in [0.25, 0.3) is 0 Å². The number of nitrogens with one attached hydrogen (secondary N) is 1. The molecule has 1 fully saturated rings. The van der Waals surface area contributed by atoms with Crippen LogP contribution in [0.5, 0.6) is 0 Å². The van der Waals surface area contributed by atoms with E-state index in [0.717, 1.165) is 43.6 Å². The fraction of sp³-hybridized carbons (Fsp3) is 0.333. The van der Waals surface area contributed by atoms with Gasteiger partial charge in [-0.2, -0.15) is 4.98 Å². The number of hydrogen-bond donors (Lipinski definition) is 1. The van der Waals surface area contributed by atoms with Crippen molar-refractivity contribution in [2.45, 2.75) is 13.6 Å². The quantitative estimate of drug-likeness (QED) is 0.678. The summed E-state index contributed by atoms with van der Waals surface area (Å²) in [7, 11) is 0. The van der Waals surface area contributed by atoms with Gasteiger partial charge in [-0.25, -0.2) is 14.6 Å². The molecule has 1 N–H and O–H groups in total. The van der Waals surface area contributed by atoms with Crippen molar-refractivity contribution in [1.29, 1.82) is 0 Å². The monoisotopic (exact) mass is 383 g/mol. The summed E-state index contributed by atoms with van der Waals surface area (Å²) in [5, 5.41) is 3.24. The van der Waals surface area contributed by atoms with E-state index in [9.17, 15) is 0 Å². The van der Waals surface area contributed by atoms with E-state index in [0.29, 0.717) is 17.3 Å². The largest absolute Gasteiger partial charge is 0.462 e. The lowest BCUT2D eigenvalue weighted by atomic mass is 10.3. The third-order valence-corrected chi connectivity index (χ3v) is 4.72. The third-order valence-electron chi connectivity index (χ3n) is 4.41. The summed E-state index contributed by atoms with van der Waals surface area (Å²) < 4.78 is 7.95. The Labute approximate surface area is 162 Å². The first kappa shape index (κ1) is 17.6. The maximum atomic E-state index is 5.53. The number of aromatic amines is 1. The number of aromatic nitrogens is 5. The zero-order chi connectivity index (χ0) is 18.6. The van der Waals surface area contributed by atoms with E-state index in [1.165, 1.54) is 0 Å². The highest BCUT2D eigenvalue weighted by atomic mass is 32.1. The molecule has 1 aliphatic rings. The number of piperazine rings is 1. The number of nitrogens with zero attached hydrogens (tertiary/aromatic N) is 6. The van der Waals surface area contributed by atoms with Crippen molar-refractivity contribution in [3.63, 3.8) is 0 Å². The Balaban J connectivity index is 1.36. The minimum Gasteiger partial charge on any atom is -0.462 e. The van der Waals surface area contributed by atoms with E-state index in [4.69, 9.17) is 16.6 Å². The minimum atomic E-state index is 0.541. The number of aryl methyl sites for hydroxylation is 1. The Morgan fingerprint density at radius 3 is 2.63 bits per heavy atom. The smallest absolute Gasteiger partial charge is 0.225 e. The fourth-order valence-corrected chi connectivity index (χ4v) is 3.19. The number of anilines is 1. The lowest BCUT2D eigenvalue weighted by molar-refractivity contribution is 0.193. The van der Waals surface area contributed by atoms with Crippen LogP contribution in [-0.2, 0) is 6.67 Å². The SMILES string of the molecule is Cc1ccc(/C=C/c2nc(=S)n(CN3CCN(c4ncccn4)CC3)[nH]2)o1. The summed E-state index contributed by atoms with van der Waals surface area (Å²) in [6, 6.07) is 5.69. The molecule has 1 saturated heterocycles. The van der Waals surface area contributed by atoms with Crippen molar-refractivity contribution in [1.82, 2.24) is 29.6 Å². The lowest BCUT2D eigenvalue weighted by Gasteiger charge is -2.34. The zero-order valence-electron chi connectivity index (χ0n) is 15.1. The lowest BCUT2D eigenvalue weighted by Crippen LogP contribution is -2.47. The summed E-state index contributed by atoms with van der Waals surface area (Å²) in [5.74, 6) is 3.18.